The molecule has 2 aromatic carbocycles. The first-order valence-electron chi connectivity index (χ1n) is 10.5. The number of amidine groups is 3. The monoisotopic (exact) mass is 549 g/mol. The number of hydrogen-bond donors (Lipinski definition) is 7. The number of carbonyl (C=O) groups is 3. The number of hydrogen-bond acceptors (Lipinski definition) is 10. The summed E-state index contributed by atoms with van der Waals surface area (Å²) >= 11 is 0. The lowest BCUT2D eigenvalue weighted by molar-refractivity contribution is -0.143. The molecular formula is C23H31N7O9. The molecule has 0 aliphatic rings. The molecule has 0 aromatic heterocycles. The maximum Gasteiger partial charge on any atom is 0.344 e. The number of benzene rings is 2. The Kier molecular flexibility index (Phi) is 20.7. The molecule has 0 saturated carbocycles. The molecule has 212 valence electrons. The predicted molar refractivity (Wildman–Crippen MR) is 142 cm³/mol. The van der Waals surface area contributed by atoms with Gasteiger partial charge in [-0.1, -0.05) is 71.0 Å². The highest BCUT2D eigenvalue weighted by atomic mass is 16.6. The Hall–Kier alpha value is -5.67. The topological polar surface area (TPSA) is 279 Å². The highest BCUT2D eigenvalue weighted by Gasteiger charge is 1.99. The zero-order chi connectivity index (χ0) is 30.1. The van der Waals surface area contributed by atoms with Crippen molar-refractivity contribution < 1.29 is 44.2 Å². The van der Waals surface area contributed by atoms with E-state index < -0.39 is 37.7 Å². The van der Waals surface area contributed by atoms with E-state index >= 15 is 0 Å². The average molecular weight is 550 g/mol. The van der Waals surface area contributed by atoms with Gasteiger partial charge in [0.2, 0.25) is 19.8 Å². The molecule has 2 rings (SSSR count). The van der Waals surface area contributed by atoms with Gasteiger partial charge in [-0.3, -0.25) is 5.41 Å². The second-order valence-electron chi connectivity index (χ2n) is 6.49. The first-order chi connectivity index (χ1) is 18.4. The van der Waals surface area contributed by atoms with Crippen molar-refractivity contribution in [1.29, 1.82) is 5.41 Å². The summed E-state index contributed by atoms with van der Waals surface area (Å²) in [6.07, 6.45) is 0. The summed E-state index contributed by atoms with van der Waals surface area (Å²) < 4.78 is 0. The van der Waals surface area contributed by atoms with Crippen LogP contribution < -0.4 is 17.2 Å². The molecule has 0 fully saturated rings. The molecule has 0 aliphatic heterocycles. The van der Waals surface area contributed by atoms with Gasteiger partial charge in [-0.25, -0.2) is 14.4 Å². The van der Waals surface area contributed by atoms with E-state index in [0.29, 0.717) is 5.56 Å². The van der Waals surface area contributed by atoms with Crippen molar-refractivity contribution in [2.75, 3.05) is 19.8 Å². The molecular weight excluding hydrogens is 518 g/mol. The van der Waals surface area contributed by atoms with Crippen LogP contribution in [0.25, 0.3) is 0 Å². The van der Waals surface area contributed by atoms with Crippen molar-refractivity contribution in [3.63, 3.8) is 0 Å². The SMILES string of the molecule is C/C(N)=N/OCC(=O)O.C=NOCC(=O)O.N/C(=N\OCC(=O)O)c1ccccc1.N=C(N)c1ccccc1. The van der Waals surface area contributed by atoms with Crippen LogP contribution in [0.5, 0.6) is 0 Å². The highest BCUT2D eigenvalue weighted by molar-refractivity contribution is 5.97. The highest BCUT2D eigenvalue weighted by Crippen LogP contribution is 1.97. The minimum atomic E-state index is -1.09. The summed E-state index contributed by atoms with van der Waals surface area (Å²) in [5.41, 5.74) is 17.2. The summed E-state index contributed by atoms with van der Waals surface area (Å²) in [5, 5.41) is 40.6. The number of nitrogens with two attached hydrogens (primary N) is 3. The van der Waals surface area contributed by atoms with Crippen molar-refractivity contribution in [2.24, 2.45) is 32.7 Å². The quantitative estimate of drug-likeness (QED) is 0.114. The van der Waals surface area contributed by atoms with Crippen LogP contribution in [-0.4, -0.2) is 77.3 Å². The van der Waals surface area contributed by atoms with Crippen molar-refractivity contribution in [3.8, 4) is 0 Å². The van der Waals surface area contributed by atoms with Crippen LogP contribution >= 0.6 is 0 Å². The van der Waals surface area contributed by atoms with E-state index in [1.165, 1.54) is 6.92 Å². The molecule has 2 aromatic rings. The molecule has 0 radical (unpaired) electrons. The number of nitrogens with zero attached hydrogens (tertiary/aromatic N) is 3. The Labute approximate surface area is 223 Å². The third-order valence-corrected chi connectivity index (χ3v) is 3.18. The van der Waals surface area contributed by atoms with Crippen LogP contribution in [0, 0.1) is 5.41 Å². The van der Waals surface area contributed by atoms with E-state index in [2.05, 4.69) is 36.7 Å². The molecule has 16 nitrogen and oxygen atoms in total. The number of nitrogen functional groups attached to an aromatic ring is 1. The first kappa shape index (κ1) is 35.5. The van der Waals surface area contributed by atoms with Crippen LogP contribution in [0.3, 0.4) is 0 Å². The van der Waals surface area contributed by atoms with Gasteiger partial charge in [0.05, 0.1) is 0 Å². The third-order valence-electron chi connectivity index (χ3n) is 3.18. The van der Waals surface area contributed by atoms with Crippen LogP contribution in [-0.2, 0) is 28.9 Å². The number of carboxylic acids is 3. The molecule has 0 aliphatic carbocycles. The summed E-state index contributed by atoms with van der Waals surface area (Å²) in [6, 6.07) is 18.2. The van der Waals surface area contributed by atoms with E-state index in [9.17, 15) is 14.4 Å². The predicted octanol–water partition coefficient (Wildman–Crippen LogP) is 0.462. The molecule has 0 amide bonds. The van der Waals surface area contributed by atoms with Gasteiger partial charge in [0, 0.05) is 17.8 Å². The van der Waals surface area contributed by atoms with Crippen molar-refractivity contribution in [3.05, 3.63) is 71.8 Å². The Morgan fingerprint density at radius 1 is 0.744 bits per heavy atom. The molecule has 0 bridgehead atoms. The number of rotatable bonds is 11. The summed E-state index contributed by atoms with van der Waals surface area (Å²) in [7, 11) is 0. The summed E-state index contributed by atoms with van der Waals surface area (Å²) in [4.78, 5) is 42.1. The van der Waals surface area contributed by atoms with Crippen molar-refractivity contribution in [1.82, 2.24) is 0 Å². The standard InChI is InChI=1S/C9H10N2O3.C7H8N2.C4H8N2O3.C3H5NO3/c10-9(11-14-6-8(12)13)7-4-2-1-3-5-7;8-7(9)6-4-2-1-3-5-6;1-3(5)6-9-2-4(7)8;1-4-7-2-3(5)6/h1-5H,6H2,(H2,10,11)(H,12,13);1-5H,(H3,8,9);2H2,1H3,(H2,5,6)(H,7,8);1-2H2,(H,5,6). The van der Waals surface area contributed by atoms with Gasteiger partial charge in [0.15, 0.2) is 5.84 Å². The molecule has 16 heteroatoms. The molecule has 0 heterocycles. The number of carboxylic acid groups (broad SMARTS) is 3. The van der Waals surface area contributed by atoms with E-state index in [1.54, 1.807) is 24.3 Å². The molecule has 0 unspecified atom stereocenters. The number of oxime groups is 3. The lowest BCUT2D eigenvalue weighted by atomic mass is 10.2. The van der Waals surface area contributed by atoms with Crippen LogP contribution in [0.1, 0.15) is 18.1 Å². The Balaban J connectivity index is 0. The lowest BCUT2D eigenvalue weighted by Gasteiger charge is -1.99. The smallest absolute Gasteiger partial charge is 0.344 e. The molecule has 0 spiro atoms. The van der Waals surface area contributed by atoms with E-state index in [-0.39, 0.29) is 17.5 Å². The second-order valence-corrected chi connectivity index (χ2v) is 6.49. The van der Waals surface area contributed by atoms with Crippen molar-refractivity contribution in [2.45, 2.75) is 6.92 Å². The van der Waals surface area contributed by atoms with Gasteiger partial charge >= 0.3 is 17.9 Å². The Morgan fingerprint density at radius 3 is 1.44 bits per heavy atom. The zero-order valence-electron chi connectivity index (χ0n) is 21.0. The summed E-state index contributed by atoms with van der Waals surface area (Å²) in [5.74, 6) is -2.72. The van der Waals surface area contributed by atoms with Crippen LogP contribution in [0.2, 0.25) is 0 Å². The van der Waals surface area contributed by atoms with Crippen LogP contribution in [0.15, 0.2) is 76.1 Å². The Morgan fingerprint density at radius 2 is 1.13 bits per heavy atom. The van der Waals surface area contributed by atoms with E-state index in [4.69, 9.17) is 37.9 Å². The largest absolute Gasteiger partial charge is 0.479 e. The van der Waals surface area contributed by atoms with E-state index in [1.807, 2.05) is 36.4 Å². The molecule has 10 N–H and O–H groups in total. The fraction of sp³-hybridized carbons (Fsp3) is 0.174. The third kappa shape index (κ3) is 25.2. The van der Waals surface area contributed by atoms with Gasteiger partial charge in [0.1, 0.15) is 11.7 Å². The molecule has 0 atom stereocenters. The van der Waals surface area contributed by atoms with Crippen LogP contribution in [0.4, 0.5) is 0 Å². The molecule has 39 heavy (non-hydrogen) atoms. The van der Waals surface area contributed by atoms with Gasteiger partial charge in [-0.05, 0) is 6.92 Å². The number of aliphatic carboxylic acids is 3. The van der Waals surface area contributed by atoms with Crippen molar-refractivity contribution >= 4 is 42.1 Å². The zero-order valence-corrected chi connectivity index (χ0v) is 21.0. The fourth-order valence-corrected chi connectivity index (χ4v) is 1.73. The summed E-state index contributed by atoms with van der Waals surface area (Å²) in [6.45, 7) is 3.04. The fourth-order valence-electron chi connectivity index (χ4n) is 1.73. The van der Waals surface area contributed by atoms with Gasteiger partial charge in [-0.2, -0.15) is 0 Å². The normalized spacial score (nSPS) is 9.87. The average Bonchev–Trinajstić information content (AvgIpc) is 2.89. The first-order valence-corrected chi connectivity index (χ1v) is 10.5. The lowest BCUT2D eigenvalue weighted by Crippen LogP contribution is -2.15. The van der Waals surface area contributed by atoms with Gasteiger partial charge in [-0.15, -0.1) is 5.16 Å². The molecule has 0 saturated heterocycles. The maximum atomic E-state index is 10.1. The minimum absolute atomic E-state index is 0.121. The van der Waals surface area contributed by atoms with Gasteiger partial charge < -0.3 is 47.0 Å². The number of nitrogens with one attached hydrogen (secondary N) is 1. The second kappa shape index (κ2) is 22.8. The van der Waals surface area contributed by atoms with Gasteiger partial charge in [0.25, 0.3) is 0 Å². The Bertz CT molecular complexity index is 1080. The minimum Gasteiger partial charge on any atom is -0.479 e. The van der Waals surface area contributed by atoms with E-state index in [0.717, 1.165) is 5.56 Å². The maximum absolute atomic E-state index is 10.1.